The number of nitrogens with zero attached hydrogens (tertiary/aromatic N) is 1. The molecule has 0 bridgehead atoms. The minimum Gasteiger partial charge on any atom is -0.326 e. The second kappa shape index (κ2) is 6.18. The SMILES string of the molecule is CC(=O)Nc1ccc(-c2ccc3nc(NC(C)=O)sc3c2)cc1. The molecule has 2 N–H and O–H groups in total. The fraction of sp³-hybridized carbons (Fsp3) is 0.118. The van der Waals surface area contributed by atoms with Gasteiger partial charge in [0.15, 0.2) is 5.13 Å². The Hall–Kier alpha value is -2.73. The summed E-state index contributed by atoms with van der Waals surface area (Å²) >= 11 is 1.45. The van der Waals surface area contributed by atoms with Crippen LogP contribution >= 0.6 is 11.3 Å². The maximum atomic E-state index is 11.1. The average Bonchev–Trinajstić information content (AvgIpc) is 2.87. The van der Waals surface area contributed by atoms with Gasteiger partial charge in [-0.25, -0.2) is 4.98 Å². The van der Waals surface area contributed by atoms with Gasteiger partial charge in [-0.15, -0.1) is 0 Å². The smallest absolute Gasteiger partial charge is 0.223 e. The number of amides is 2. The van der Waals surface area contributed by atoms with Crippen LogP contribution in [0, 0.1) is 0 Å². The van der Waals surface area contributed by atoms with Crippen molar-refractivity contribution in [3.63, 3.8) is 0 Å². The van der Waals surface area contributed by atoms with Crippen molar-refractivity contribution in [2.45, 2.75) is 13.8 Å². The normalized spacial score (nSPS) is 10.5. The van der Waals surface area contributed by atoms with E-state index in [9.17, 15) is 9.59 Å². The highest BCUT2D eigenvalue weighted by Crippen LogP contribution is 2.31. The molecule has 0 aliphatic rings. The molecule has 0 fully saturated rings. The van der Waals surface area contributed by atoms with Crippen LogP contribution in [0.2, 0.25) is 0 Å². The highest BCUT2D eigenvalue weighted by molar-refractivity contribution is 7.22. The lowest BCUT2D eigenvalue weighted by Gasteiger charge is -2.05. The van der Waals surface area contributed by atoms with Crippen molar-refractivity contribution in [2.24, 2.45) is 0 Å². The maximum absolute atomic E-state index is 11.1. The second-order valence-electron chi connectivity index (χ2n) is 5.14. The molecule has 116 valence electrons. The fourth-order valence-electron chi connectivity index (χ4n) is 2.26. The van der Waals surface area contributed by atoms with Crippen LogP contribution in [0.1, 0.15) is 13.8 Å². The summed E-state index contributed by atoms with van der Waals surface area (Å²) in [4.78, 5) is 26.5. The van der Waals surface area contributed by atoms with Gasteiger partial charge >= 0.3 is 0 Å². The Morgan fingerprint density at radius 3 is 2.22 bits per heavy atom. The molecule has 2 aromatic carbocycles. The lowest BCUT2D eigenvalue weighted by Crippen LogP contribution is -2.05. The highest BCUT2D eigenvalue weighted by atomic mass is 32.1. The minimum atomic E-state index is -0.127. The van der Waals surface area contributed by atoms with E-state index < -0.39 is 0 Å². The molecule has 0 spiro atoms. The highest BCUT2D eigenvalue weighted by Gasteiger charge is 2.07. The minimum absolute atomic E-state index is 0.0886. The van der Waals surface area contributed by atoms with Gasteiger partial charge in [-0.3, -0.25) is 9.59 Å². The summed E-state index contributed by atoms with van der Waals surface area (Å²) in [7, 11) is 0. The largest absolute Gasteiger partial charge is 0.326 e. The van der Waals surface area contributed by atoms with Gasteiger partial charge in [0.05, 0.1) is 10.2 Å². The number of thiazole rings is 1. The van der Waals surface area contributed by atoms with Crippen LogP contribution in [0.15, 0.2) is 42.5 Å². The molecule has 0 aliphatic heterocycles. The molecule has 0 aliphatic carbocycles. The summed E-state index contributed by atoms with van der Waals surface area (Å²) in [6.07, 6.45) is 0. The second-order valence-corrected chi connectivity index (χ2v) is 6.17. The number of hydrogen-bond acceptors (Lipinski definition) is 4. The molecule has 2 amide bonds. The summed E-state index contributed by atoms with van der Waals surface area (Å²) in [6.45, 7) is 2.95. The molecule has 3 rings (SSSR count). The van der Waals surface area contributed by atoms with E-state index in [2.05, 4.69) is 15.6 Å². The van der Waals surface area contributed by atoms with Gasteiger partial charge in [0.1, 0.15) is 0 Å². The Morgan fingerprint density at radius 1 is 0.913 bits per heavy atom. The summed E-state index contributed by atoms with van der Waals surface area (Å²) in [5.74, 6) is -0.216. The molecule has 1 heterocycles. The molecule has 0 radical (unpaired) electrons. The zero-order chi connectivity index (χ0) is 16.4. The monoisotopic (exact) mass is 325 g/mol. The van der Waals surface area contributed by atoms with Crippen LogP contribution in [-0.4, -0.2) is 16.8 Å². The van der Waals surface area contributed by atoms with Crippen LogP contribution in [0.25, 0.3) is 21.3 Å². The van der Waals surface area contributed by atoms with Crippen molar-refractivity contribution in [3.8, 4) is 11.1 Å². The molecule has 0 unspecified atom stereocenters. The Labute approximate surface area is 137 Å². The van der Waals surface area contributed by atoms with Crippen molar-refractivity contribution in [1.29, 1.82) is 0 Å². The Bertz CT molecular complexity index is 884. The molecular weight excluding hydrogens is 310 g/mol. The Balaban J connectivity index is 1.90. The number of hydrogen-bond donors (Lipinski definition) is 2. The van der Waals surface area contributed by atoms with Gasteiger partial charge in [-0.2, -0.15) is 0 Å². The number of benzene rings is 2. The molecular formula is C17H15N3O2S. The number of carbonyl (C=O) groups excluding carboxylic acids is 2. The molecule has 1 aromatic heterocycles. The Kier molecular flexibility index (Phi) is 4.08. The molecule has 23 heavy (non-hydrogen) atoms. The lowest BCUT2D eigenvalue weighted by molar-refractivity contribution is -0.115. The van der Waals surface area contributed by atoms with Gasteiger partial charge in [-0.1, -0.05) is 29.5 Å². The number of rotatable bonds is 3. The van der Waals surface area contributed by atoms with Crippen LogP contribution in [0.4, 0.5) is 10.8 Å². The van der Waals surface area contributed by atoms with Crippen molar-refractivity contribution in [1.82, 2.24) is 4.98 Å². The molecule has 5 nitrogen and oxygen atoms in total. The number of fused-ring (bicyclic) bond motifs is 1. The average molecular weight is 325 g/mol. The molecule has 0 atom stereocenters. The summed E-state index contributed by atoms with van der Waals surface area (Å²) in [5.41, 5.74) is 3.74. The van der Waals surface area contributed by atoms with Gasteiger partial charge < -0.3 is 10.6 Å². The lowest BCUT2D eigenvalue weighted by atomic mass is 10.1. The topological polar surface area (TPSA) is 71.1 Å². The molecule has 0 saturated heterocycles. The van der Waals surface area contributed by atoms with E-state index in [1.165, 1.54) is 25.2 Å². The van der Waals surface area contributed by atoms with Crippen molar-refractivity contribution in [2.75, 3.05) is 10.6 Å². The van der Waals surface area contributed by atoms with Gasteiger partial charge in [-0.05, 0) is 35.4 Å². The third-order valence-corrected chi connectivity index (χ3v) is 4.14. The third-order valence-electron chi connectivity index (χ3n) is 3.21. The molecule has 3 aromatic rings. The summed E-state index contributed by atoms with van der Waals surface area (Å²) in [6, 6.07) is 13.6. The predicted molar refractivity (Wildman–Crippen MR) is 93.7 cm³/mol. The fourth-order valence-corrected chi connectivity index (χ4v) is 3.21. The maximum Gasteiger partial charge on any atom is 0.223 e. The van der Waals surface area contributed by atoms with Gasteiger partial charge in [0.25, 0.3) is 0 Å². The first kappa shape index (κ1) is 15.2. The van der Waals surface area contributed by atoms with E-state index in [0.717, 1.165) is 27.0 Å². The molecule has 0 saturated carbocycles. The summed E-state index contributed by atoms with van der Waals surface area (Å²) in [5, 5.41) is 6.06. The van der Waals surface area contributed by atoms with Gasteiger partial charge in [0.2, 0.25) is 11.8 Å². The van der Waals surface area contributed by atoms with E-state index in [4.69, 9.17) is 0 Å². The summed E-state index contributed by atoms with van der Waals surface area (Å²) < 4.78 is 1.01. The van der Waals surface area contributed by atoms with Gasteiger partial charge in [0, 0.05) is 19.5 Å². The molecule has 6 heteroatoms. The van der Waals surface area contributed by atoms with Crippen LogP contribution in [-0.2, 0) is 9.59 Å². The number of nitrogens with one attached hydrogen (secondary N) is 2. The van der Waals surface area contributed by atoms with E-state index in [1.54, 1.807) is 0 Å². The zero-order valence-electron chi connectivity index (χ0n) is 12.7. The van der Waals surface area contributed by atoms with E-state index in [0.29, 0.717) is 5.13 Å². The Morgan fingerprint density at radius 2 is 1.57 bits per heavy atom. The van der Waals surface area contributed by atoms with Crippen molar-refractivity contribution >= 4 is 44.2 Å². The standard InChI is InChI=1S/C17H15N3O2S/c1-10(21)18-14-6-3-12(4-7-14)13-5-8-15-16(9-13)23-17(20-15)19-11(2)22/h3-9H,1-2H3,(H,18,21)(H,19,20,22). The first-order chi connectivity index (χ1) is 11.0. The van der Waals surface area contributed by atoms with E-state index in [1.807, 2.05) is 42.5 Å². The van der Waals surface area contributed by atoms with E-state index >= 15 is 0 Å². The van der Waals surface area contributed by atoms with Crippen LogP contribution in [0.3, 0.4) is 0 Å². The number of anilines is 2. The third kappa shape index (κ3) is 3.54. The van der Waals surface area contributed by atoms with Crippen molar-refractivity contribution in [3.05, 3.63) is 42.5 Å². The predicted octanol–water partition coefficient (Wildman–Crippen LogP) is 3.88. The van der Waals surface area contributed by atoms with E-state index in [-0.39, 0.29) is 11.8 Å². The first-order valence-corrected chi connectivity index (χ1v) is 7.89. The zero-order valence-corrected chi connectivity index (χ0v) is 13.5. The first-order valence-electron chi connectivity index (χ1n) is 7.07. The quantitative estimate of drug-likeness (QED) is 0.767. The van der Waals surface area contributed by atoms with Crippen molar-refractivity contribution < 1.29 is 9.59 Å². The number of aromatic nitrogens is 1. The number of carbonyl (C=O) groups is 2. The van der Waals surface area contributed by atoms with Crippen LogP contribution in [0.5, 0.6) is 0 Å². The van der Waals surface area contributed by atoms with Crippen LogP contribution < -0.4 is 10.6 Å².